The summed E-state index contributed by atoms with van der Waals surface area (Å²) in [6.07, 6.45) is 4.89. The average Bonchev–Trinajstić information content (AvgIpc) is 2.98. The molecule has 3 N–H and O–H groups in total. The summed E-state index contributed by atoms with van der Waals surface area (Å²) in [7, 11) is 0. The van der Waals surface area contributed by atoms with Gasteiger partial charge in [-0.3, -0.25) is 0 Å². The minimum atomic E-state index is 0.249. The van der Waals surface area contributed by atoms with Gasteiger partial charge in [0.05, 0.1) is 0 Å². The molecule has 1 aliphatic carbocycles. The number of nitrogens with zero attached hydrogens (tertiary/aromatic N) is 2. The zero-order chi connectivity index (χ0) is 15.9. The quantitative estimate of drug-likeness (QED) is 0.842. The molecular formula is C18H22N4. The Labute approximate surface area is 131 Å². The number of nitriles is 1. The summed E-state index contributed by atoms with van der Waals surface area (Å²) in [5.41, 5.74) is 10.9. The molecule has 0 amide bonds. The van der Waals surface area contributed by atoms with E-state index in [-0.39, 0.29) is 5.41 Å². The second-order valence-corrected chi connectivity index (χ2v) is 7.17. The van der Waals surface area contributed by atoms with Gasteiger partial charge in [0.15, 0.2) is 0 Å². The van der Waals surface area contributed by atoms with Crippen LogP contribution in [0.25, 0.3) is 11.3 Å². The van der Waals surface area contributed by atoms with E-state index < -0.39 is 0 Å². The van der Waals surface area contributed by atoms with Crippen molar-refractivity contribution in [1.29, 1.82) is 5.26 Å². The van der Waals surface area contributed by atoms with E-state index in [0.717, 1.165) is 36.2 Å². The Hall–Kier alpha value is -2.28. The lowest BCUT2D eigenvalue weighted by molar-refractivity contribution is 0.215. The normalized spacial score (nSPS) is 17.8. The molecule has 1 atom stereocenters. The van der Waals surface area contributed by atoms with Crippen molar-refractivity contribution >= 4 is 5.82 Å². The van der Waals surface area contributed by atoms with Crippen molar-refractivity contribution in [2.75, 3.05) is 5.73 Å². The SMILES string of the molecule is CC(C)(C)C1CCc2nc(N)c(C#N)c(-c3ccc[nH]3)c2C1. The number of rotatable bonds is 1. The van der Waals surface area contributed by atoms with Gasteiger partial charge < -0.3 is 10.7 Å². The molecule has 22 heavy (non-hydrogen) atoms. The minimum absolute atomic E-state index is 0.249. The van der Waals surface area contributed by atoms with Crippen LogP contribution in [-0.4, -0.2) is 9.97 Å². The van der Waals surface area contributed by atoms with Gasteiger partial charge in [0, 0.05) is 23.1 Å². The minimum Gasteiger partial charge on any atom is -0.383 e. The third-order valence-electron chi connectivity index (χ3n) is 4.80. The largest absolute Gasteiger partial charge is 0.383 e. The second kappa shape index (κ2) is 5.17. The first kappa shape index (κ1) is 14.6. The molecule has 2 aromatic heterocycles. The van der Waals surface area contributed by atoms with E-state index in [1.54, 1.807) is 0 Å². The predicted molar refractivity (Wildman–Crippen MR) is 88.1 cm³/mol. The number of nitrogen functional groups attached to an aromatic ring is 1. The number of anilines is 1. The number of nitrogens with one attached hydrogen (secondary N) is 1. The average molecular weight is 294 g/mol. The van der Waals surface area contributed by atoms with Crippen LogP contribution < -0.4 is 5.73 Å². The van der Waals surface area contributed by atoms with Crippen LogP contribution in [0.3, 0.4) is 0 Å². The van der Waals surface area contributed by atoms with Crippen LogP contribution in [-0.2, 0) is 12.8 Å². The lowest BCUT2D eigenvalue weighted by atomic mass is 9.70. The number of aryl methyl sites for hydroxylation is 1. The van der Waals surface area contributed by atoms with E-state index >= 15 is 0 Å². The summed E-state index contributed by atoms with van der Waals surface area (Å²) in [4.78, 5) is 7.74. The maximum absolute atomic E-state index is 9.54. The van der Waals surface area contributed by atoms with Gasteiger partial charge in [-0.2, -0.15) is 5.26 Å². The molecule has 0 bridgehead atoms. The van der Waals surface area contributed by atoms with E-state index in [4.69, 9.17) is 5.73 Å². The highest BCUT2D eigenvalue weighted by molar-refractivity contribution is 5.77. The summed E-state index contributed by atoms with van der Waals surface area (Å²) < 4.78 is 0. The van der Waals surface area contributed by atoms with Crippen LogP contribution in [0.2, 0.25) is 0 Å². The van der Waals surface area contributed by atoms with Crippen molar-refractivity contribution < 1.29 is 0 Å². The fourth-order valence-corrected chi connectivity index (χ4v) is 3.41. The zero-order valence-corrected chi connectivity index (χ0v) is 13.4. The zero-order valence-electron chi connectivity index (χ0n) is 13.4. The molecule has 114 valence electrons. The van der Waals surface area contributed by atoms with Crippen LogP contribution in [0.4, 0.5) is 5.82 Å². The smallest absolute Gasteiger partial charge is 0.142 e. The van der Waals surface area contributed by atoms with Gasteiger partial charge in [0.25, 0.3) is 0 Å². The first-order valence-corrected chi connectivity index (χ1v) is 7.77. The molecule has 0 aliphatic heterocycles. The van der Waals surface area contributed by atoms with E-state index in [2.05, 4.69) is 36.8 Å². The number of pyridine rings is 1. The van der Waals surface area contributed by atoms with Gasteiger partial charge in [-0.25, -0.2) is 4.98 Å². The molecule has 1 aliphatic rings. The molecule has 0 fully saturated rings. The molecule has 2 aromatic rings. The summed E-state index contributed by atoms with van der Waals surface area (Å²) in [5.74, 6) is 0.936. The van der Waals surface area contributed by atoms with Crippen molar-refractivity contribution in [3.05, 3.63) is 35.2 Å². The molecule has 1 unspecified atom stereocenters. The molecule has 2 heterocycles. The van der Waals surface area contributed by atoms with Crippen molar-refractivity contribution in [2.45, 2.75) is 40.0 Å². The van der Waals surface area contributed by atoms with Gasteiger partial charge >= 0.3 is 0 Å². The monoisotopic (exact) mass is 294 g/mol. The highest BCUT2D eigenvalue weighted by Gasteiger charge is 2.32. The van der Waals surface area contributed by atoms with Crippen molar-refractivity contribution in [3.8, 4) is 17.3 Å². The molecular weight excluding hydrogens is 272 g/mol. The van der Waals surface area contributed by atoms with E-state index in [1.165, 1.54) is 5.56 Å². The summed E-state index contributed by atoms with van der Waals surface area (Å²) in [5, 5.41) is 9.54. The first-order valence-electron chi connectivity index (χ1n) is 7.77. The standard InChI is InChI=1S/C18H22N4/c1-18(2,3)11-6-7-14-12(9-11)16(15-5-4-8-21-15)13(10-19)17(20)22-14/h4-5,8,11,21H,6-7,9H2,1-3H3,(H2,20,22). The molecule has 0 aromatic carbocycles. The summed E-state index contributed by atoms with van der Waals surface area (Å²) in [6, 6.07) is 6.19. The molecule has 0 radical (unpaired) electrons. The molecule has 0 spiro atoms. The van der Waals surface area contributed by atoms with E-state index in [0.29, 0.717) is 17.3 Å². The fourth-order valence-electron chi connectivity index (χ4n) is 3.41. The van der Waals surface area contributed by atoms with Crippen LogP contribution in [0, 0.1) is 22.7 Å². The van der Waals surface area contributed by atoms with Gasteiger partial charge in [-0.1, -0.05) is 20.8 Å². The third-order valence-corrected chi connectivity index (χ3v) is 4.80. The van der Waals surface area contributed by atoms with Gasteiger partial charge in [-0.05, 0) is 48.3 Å². The molecule has 3 rings (SSSR count). The maximum Gasteiger partial charge on any atom is 0.142 e. The number of hydrogen-bond acceptors (Lipinski definition) is 3. The first-order chi connectivity index (χ1) is 10.4. The molecule has 0 saturated heterocycles. The summed E-state index contributed by atoms with van der Waals surface area (Å²) >= 11 is 0. The van der Waals surface area contributed by atoms with Gasteiger partial charge in [0.1, 0.15) is 17.5 Å². The molecule has 0 saturated carbocycles. The number of aromatic amines is 1. The van der Waals surface area contributed by atoms with E-state index in [9.17, 15) is 5.26 Å². The third kappa shape index (κ3) is 2.37. The highest BCUT2D eigenvalue weighted by Crippen LogP contribution is 2.41. The Morgan fingerprint density at radius 3 is 2.77 bits per heavy atom. The van der Waals surface area contributed by atoms with Crippen LogP contribution in [0.5, 0.6) is 0 Å². The Morgan fingerprint density at radius 1 is 1.41 bits per heavy atom. The Kier molecular flexibility index (Phi) is 3.44. The fraction of sp³-hybridized carbons (Fsp3) is 0.444. The number of fused-ring (bicyclic) bond motifs is 1. The summed E-state index contributed by atoms with van der Waals surface area (Å²) in [6.45, 7) is 6.85. The topological polar surface area (TPSA) is 78.5 Å². The van der Waals surface area contributed by atoms with Gasteiger partial charge in [-0.15, -0.1) is 0 Å². The van der Waals surface area contributed by atoms with Crippen molar-refractivity contribution in [1.82, 2.24) is 9.97 Å². The maximum atomic E-state index is 9.54. The Balaban J connectivity index is 2.20. The molecule has 4 nitrogen and oxygen atoms in total. The Bertz CT molecular complexity index is 730. The highest BCUT2D eigenvalue weighted by atomic mass is 14.9. The lowest BCUT2D eigenvalue weighted by Gasteiger charge is -2.35. The lowest BCUT2D eigenvalue weighted by Crippen LogP contribution is -2.28. The number of nitrogens with two attached hydrogens (primary N) is 1. The molecule has 4 heteroatoms. The van der Waals surface area contributed by atoms with E-state index in [1.807, 2.05) is 18.3 Å². The predicted octanol–water partition coefficient (Wildman–Crippen LogP) is 3.68. The number of aromatic nitrogens is 2. The number of H-pyrrole nitrogens is 1. The Morgan fingerprint density at radius 2 is 2.18 bits per heavy atom. The second-order valence-electron chi connectivity index (χ2n) is 7.17. The van der Waals surface area contributed by atoms with Gasteiger partial charge in [0.2, 0.25) is 0 Å². The van der Waals surface area contributed by atoms with Crippen molar-refractivity contribution in [3.63, 3.8) is 0 Å². The number of hydrogen-bond donors (Lipinski definition) is 2. The van der Waals surface area contributed by atoms with Crippen LogP contribution in [0.15, 0.2) is 18.3 Å². The van der Waals surface area contributed by atoms with Crippen molar-refractivity contribution in [2.24, 2.45) is 11.3 Å². The van der Waals surface area contributed by atoms with Crippen LogP contribution >= 0.6 is 0 Å². The van der Waals surface area contributed by atoms with Crippen LogP contribution in [0.1, 0.15) is 44.0 Å².